The van der Waals surface area contributed by atoms with Crippen molar-refractivity contribution in [2.45, 2.75) is 11.5 Å². The number of halogens is 3. The Balaban J connectivity index is 1.56. The topological polar surface area (TPSA) is 29.1 Å². The maximum atomic E-state index is 13.5. The van der Waals surface area contributed by atoms with Gasteiger partial charge in [0.05, 0.1) is 15.8 Å². The normalized spacial score (nSPS) is 10.7. The molecule has 0 heterocycles. The van der Waals surface area contributed by atoms with E-state index in [1.54, 1.807) is 36.0 Å². The molecule has 2 aromatic carbocycles. The minimum absolute atomic E-state index is 0.0310. The van der Waals surface area contributed by atoms with Crippen LogP contribution in [-0.4, -0.2) is 24.0 Å². The third-order valence-electron chi connectivity index (χ3n) is 3.27. The van der Waals surface area contributed by atoms with E-state index in [-0.39, 0.29) is 11.7 Å². The zero-order valence-electron chi connectivity index (χ0n) is 13.4. The first-order valence-electron chi connectivity index (χ1n) is 7.66. The number of nitrogens with one attached hydrogen (secondary N) is 1. The van der Waals surface area contributed by atoms with Crippen LogP contribution < -0.4 is 5.32 Å². The van der Waals surface area contributed by atoms with Gasteiger partial charge in [0.1, 0.15) is 5.82 Å². The quantitative estimate of drug-likeness (QED) is 0.552. The Morgan fingerprint density at radius 3 is 2.60 bits per heavy atom. The molecule has 1 N–H and O–H groups in total. The molecule has 0 aliphatic heterocycles. The standard InChI is InChI=1S/C18H18Cl2FNOS2/c19-15-6-5-13(9-16(15)20)10-24-8-7-22-18(23)12-25-11-14-3-1-2-4-17(14)21/h1-6,9H,7-8,10-12H2,(H,22,23). The summed E-state index contributed by atoms with van der Waals surface area (Å²) in [7, 11) is 0. The van der Waals surface area contributed by atoms with Crippen LogP contribution >= 0.6 is 46.7 Å². The van der Waals surface area contributed by atoms with Crippen LogP contribution in [0.4, 0.5) is 4.39 Å². The predicted molar refractivity (Wildman–Crippen MR) is 108 cm³/mol. The smallest absolute Gasteiger partial charge is 0.230 e. The Kier molecular flexibility index (Phi) is 8.96. The van der Waals surface area contributed by atoms with Gasteiger partial charge in [-0.3, -0.25) is 4.79 Å². The highest BCUT2D eigenvalue weighted by molar-refractivity contribution is 7.99. The van der Waals surface area contributed by atoms with Crippen molar-refractivity contribution in [3.05, 3.63) is 69.5 Å². The molecule has 0 aromatic heterocycles. The molecule has 0 fully saturated rings. The molecule has 2 rings (SSSR count). The molecule has 25 heavy (non-hydrogen) atoms. The summed E-state index contributed by atoms with van der Waals surface area (Å²) in [5.41, 5.74) is 1.73. The van der Waals surface area contributed by atoms with E-state index in [9.17, 15) is 9.18 Å². The van der Waals surface area contributed by atoms with Crippen LogP contribution in [-0.2, 0) is 16.3 Å². The molecular formula is C18H18Cl2FNOS2. The van der Waals surface area contributed by atoms with E-state index in [1.807, 2.05) is 12.1 Å². The van der Waals surface area contributed by atoms with E-state index < -0.39 is 0 Å². The lowest BCUT2D eigenvalue weighted by atomic mass is 10.2. The van der Waals surface area contributed by atoms with Gasteiger partial charge >= 0.3 is 0 Å². The molecule has 0 spiro atoms. The monoisotopic (exact) mass is 417 g/mol. The molecule has 0 atom stereocenters. The van der Waals surface area contributed by atoms with Gasteiger partial charge < -0.3 is 5.32 Å². The molecule has 0 bridgehead atoms. The Morgan fingerprint density at radius 1 is 1.04 bits per heavy atom. The molecule has 0 radical (unpaired) electrons. The summed E-state index contributed by atoms with van der Waals surface area (Å²) in [4.78, 5) is 11.8. The van der Waals surface area contributed by atoms with Gasteiger partial charge in [-0.05, 0) is 29.3 Å². The SMILES string of the molecule is O=C(CSCc1ccccc1F)NCCSCc1ccc(Cl)c(Cl)c1. The molecule has 0 aliphatic carbocycles. The third-order valence-corrected chi connectivity index (χ3v) is 6.02. The van der Waals surface area contributed by atoms with Gasteiger partial charge in [0.2, 0.25) is 5.91 Å². The third kappa shape index (κ3) is 7.48. The molecule has 2 nitrogen and oxygen atoms in total. The van der Waals surface area contributed by atoms with Crippen molar-refractivity contribution >= 4 is 52.6 Å². The van der Waals surface area contributed by atoms with Crippen LogP contribution in [0.5, 0.6) is 0 Å². The van der Waals surface area contributed by atoms with E-state index in [0.717, 1.165) is 17.1 Å². The van der Waals surface area contributed by atoms with Crippen LogP contribution in [0.2, 0.25) is 10.0 Å². The molecule has 134 valence electrons. The minimum Gasteiger partial charge on any atom is -0.355 e. The molecule has 7 heteroatoms. The van der Waals surface area contributed by atoms with E-state index in [4.69, 9.17) is 23.2 Å². The van der Waals surface area contributed by atoms with Crippen molar-refractivity contribution in [1.82, 2.24) is 5.32 Å². The van der Waals surface area contributed by atoms with E-state index in [0.29, 0.717) is 33.7 Å². The van der Waals surface area contributed by atoms with Gasteiger partial charge in [0.25, 0.3) is 0 Å². The van der Waals surface area contributed by atoms with E-state index in [2.05, 4.69) is 5.32 Å². The number of hydrogen-bond acceptors (Lipinski definition) is 3. The second-order valence-electron chi connectivity index (χ2n) is 5.24. The number of thioether (sulfide) groups is 2. The number of carbonyl (C=O) groups excluding carboxylic acids is 1. The van der Waals surface area contributed by atoms with Crippen molar-refractivity contribution < 1.29 is 9.18 Å². The summed E-state index contributed by atoms with van der Waals surface area (Å²) in [6, 6.07) is 12.2. The highest BCUT2D eigenvalue weighted by Crippen LogP contribution is 2.24. The van der Waals surface area contributed by atoms with Gasteiger partial charge in [-0.15, -0.1) is 11.8 Å². The van der Waals surface area contributed by atoms with Gasteiger partial charge in [0, 0.05) is 23.8 Å². The summed E-state index contributed by atoms with van der Waals surface area (Å²) >= 11 is 15.0. The number of rotatable bonds is 9. The lowest BCUT2D eigenvalue weighted by Crippen LogP contribution is -2.27. The Bertz CT molecular complexity index is 715. The van der Waals surface area contributed by atoms with E-state index in [1.165, 1.54) is 17.8 Å². The predicted octanol–water partition coefficient (Wildman–Crippen LogP) is 5.42. The molecule has 0 aliphatic rings. The fraction of sp³-hybridized carbons (Fsp3) is 0.278. The zero-order chi connectivity index (χ0) is 18.1. The van der Waals surface area contributed by atoms with Gasteiger partial charge in [0.15, 0.2) is 0 Å². The molecule has 2 aromatic rings. The first kappa shape index (κ1) is 20.4. The van der Waals surface area contributed by atoms with Crippen LogP contribution in [0.3, 0.4) is 0 Å². The molecular weight excluding hydrogens is 400 g/mol. The number of hydrogen-bond donors (Lipinski definition) is 1. The number of amides is 1. The second kappa shape index (κ2) is 11.0. The van der Waals surface area contributed by atoms with Gasteiger partial charge in [-0.25, -0.2) is 4.39 Å². The largest absolute Gasteiger partial charge is 0.355 e. The summed E-state index contributed by atoms with van der Waals surface area (Å²) in [5, 5.41) is 3.98. The first-order valence-corrected chi connectivity index (χ1v) is 10.7. The highest BCUT2D eigenvalue weighted by Gasteiger charge is 2.05. The molecule has 1 amide bonds. The highest BCUT2D eigenvalue weighted by atomic mass is 35.5. The van der Waals surface area contributed by atoms with Gasteiger partial charge in [-0.1, -0.05) is 47.5 Å². The van der Waals surface area contributed by atoms with Crippen molar-refractivity contribution in [2.75, 3.05) is 18.1 Å². The van der Waals surface area contributed by atoms with Crippen molar-refractivity contribution in [2.24, 2.45) is 0 Å². The van der Waals surface area contributed by atoms with E-state index >= 15 is 0 Å². The Morgan fingerprint density at radius 2 is 1.84 bits per heavy atom. The first-order chi connectivity index (χ1) is 12.1. The fourth-order valence-corrected chi connectivity index (χ4v) is 3.97. The fourth-order valence-electron chi connectivity index (χ4n) is 2.00. The summed E-state index contributed by atoms with van der Waals surface area (Å²) in [6.07, 6.45) is 0. The molecule has 0 unspecified atom stereocenters. The van der Waals surface area contributed by atoms with Gasteiger partial charge in [-0.2, -0.15) is 11.8 Å². The average molecular weight is 418 g/mol. The van der Waals surface area contributed by atoms with Crippen LogP contribution in [0.1, 0.15) is 11.1 Å². The summed E-state index contributed by atoms with van der Waals surface area (Å²) < 4.78 is 13.5. The lowest BCUT2D eigenvalue weighted by molar-refractivity contribution is -0.118. The number of benzene rings is 2. The van der Waals surface area contributed by atoms with Crippen molar-refractivity contribution in [3.63, 3.8) is 0 Å². The minimum atomic E-state index is -0.228. The molecule has 0 saturated carbocycles. The van der Waals surface area contributed by atoms with Crippen LogP contribution in [0.15, 0.2) is 42.5 Å². The average Bonchev–Trinajstić information content (AvgIpc) is 2.59. The van der Waals surface area contributed by atoms with Crippen LogP contribution in [0.25, 0.3) is 0 Å². The maximum absolute atomic E-state index is 13.5. The lowest BCUT2D eigenvalue weighted by Gasteiger charge is -2.06. The maximum Gasteiger partial charge on any atom is 0.230 e. The van der Waals surface area contributed by atoms with Crippen LogP contribution in [0, 0.1) is 5.82 Å². The summed E-state index contributed by atoms with van der Waals surface area (Å²) in [5.74, 6) is 2.18. The number of carbonyl (C=O) groups is 1. The Hall–Kier alpha value is -0.880. The van der Waals surface area contributed by atoms with Crippen molar-refractivity contribution in [1.29, 1.82) is 0 Å². The summed E-state index contributed by atoms with van der Waals surface area (Å²) in [6.45, 7) is 0.602. The Labute approximate surface area is 165 Å². The second-order valence-corrected chi connectivity index (χ2v) is 8.14. The van der Waals surface area contributed by atoms with Crippen molar-refractivity contribution in [3.8, 4) is 0 Å². The molecule has 0 saturated heterocycles. The zero-order valence-corrected chi connectivity index (χ0v) is 16.6.